The van der Waals surface area contributed by atoms with Crippen LogP contribution in [0.25, 0.3) is 0 Å². The average molecular weight is 452 g/mol. The summed E-state index contributed by atoms with van der Waals surface area (Å²) >= 11 is 0. The minimum atomic E-state index is -0.714. The highest BCUT2D eigenvalue weighted by Crippen LogP contribution is 2.29. The number of aromatic nitrogens is 4. The van der Waals surface area contributed by atoms with Crippen molar-refractivity contribution in [3.8, 4) is 0 Å². The standard InChI is InChI=1S/C18H28N8O6/c1-18(2,3)32-17(29)23-8-12(26-20-10-19-22-26)6-13(23)9-31-21-15(27)14-5-4-11-7-24(14)16(28)25(11)30/h10-14,30H,4-9H2,1-3H3,(H,21,27)/t11-,12+,13+,14+/m1/s1. The number of tetrazole rings is 1. The summed E-state index contributed by atoms with van der Waals surface area (Å²) in [7, 11) is 0. The quantitative estimate of drug-likeness (QED) is 0.461. The van der Waals surface area contributed by atoms with Crippen molar-refractivity contribution < 1.29 is 29.2 Å². The van der Waals surface area contributed by atoms with E-state index in [9.17, 15) is 19.6 Å². The molecule has 1 aromatic heterocycles. The van der Waals surface area contributed by atoms with E-state index in [1.165, 1.54) is 20.9 Å². The average Bonchev–Trinajstić information content (AvgIpc) is 3.44. The van der Waals surface area contributed by atoms with E-state index >= 15 is 0 Å². The van der Waals surface area contributed by atoms with Crippen LogP contribution in [0.1, 0.15) is 46.1 Å². The molecule has 32 heavy (non-hydrogen) atoms. The van der Waals surface area contributed by atoms with Gasteiger partial charge in [0.1, 0.15) is 11.6 Å². The first-order valence-corrected chi connectivity index (χ1v) is 10.6. The topological polar surface area (TPSA) is 155 Å². The van der Waals surface area contributed by atoms with E-state index in [-0.39, 0.29) is 18.7 Å². The van der Waals surface area contributed by atoms with Gasteiger partial charge in [-0.15, -0.1) is 10.2 Å². The predicted octanol–water partition coefficient (Wildman–Crippen LogP) is -0.0708. The van der Waals surface area contributed by atoms with Gasteiger partial charge in [0.2, 0.25) is 0 Å². The number of fused-ring (bicyclic) bond motifs is 2. The molecule has 3 fully saturated rings. The molecule has 3 aliphatic rings. The van der Waals surface area contributed by atoms with E-state index in [1.807, 2.05) is 0 Å². The zero-order valence-electron chi connectivity index (χ0n) is 18.2. The van der Waals surface area contributed by atoms with Gasteiger partial charge in [-0.2, -0.15) is 4.80 Å². The van der Waals surface area contributed by atoms with Gasteiger partial charge in [-0.1, -0.05) is 0 Å². The lowest BCUT2D eigenvalue weighted by atomic mass is 10.0. The number of carbonyl (C=O) groups is 3. The highest BCUT2D eigenvalue weighted by Gasteiger charge is 2.47. The highest BCUT2D eigenvalue weighted by molar-refractivity contribution is 5.87. The number of carbonyl (C=O) groups excluding carboxylic acids is 3. The van der Waals surface area contributed by atoms with Crippen LogP contribution in [0, 0.1) is 0 Å². The molecular weight excluding hydrogens is 424 g/mol. The number of piperidine rings is 1. The predicted molar refractivity (Wildman–Crippen MR) is 105 cm³/mol. The van der Waals surface area contributed by atoms with Gasteiger partial charge < -0.3 is 14.5 Å². The van der Waals surface area contributed by atoms with Crippen LogP contribution < -0.4 is 5.48 Å². The molecule has 14 nitrogen and oxygen atoms in total. The largest absolute Gasteiger partial charge is 0.444 e. The van der Waals surface area contributed by atoms with Crippen molar-refractivity contribution >= 4 is 18.0 Å². The van der Waals surface area contributed by atoms with Crippen LogP contribution in [-0.4, -0.2) is 102 Å². The van der Waals surface area contributed by atoms with Gasteiger partial charge in [-0.25, -0.2) is 20.1 Å². The second-order valence-electron chi connectivity index (χ2n) is 9.24. The number of hydrogen-bond acceptors (Lipinski definition) is 9. The molecule has 3 aliphatic heterocycles. The number of urea groups is 1. The maximum atomic E-state index is 12.7. The Bertz CT molecular complexity index is 858. The molecule has 3 saturated heterocycles. The number of likely N-dealkylation sites (tertiary alicyclic amines) is 1. The molecule has 0 aliphatic carbocycles. The smallest absolute Gasteiger partial charge is 0.410 e. The molecule has 14 heteroatoms. The lowest BCUT2D eigenvalue weighted by Gasteiger charge is -2.30. The Labute approximate surface area is 184 Å². The van der Waals surface area contributed by atoms with Crippen molar-refractivity contribution in [2.45, 2.75) is 69.8 Å². The Morgan fingerprint density at radius 3 is 2.72 bits per heavy atom. The first-order chi connectivity index (χ1) is 15.1. The third-order valence-electron chi connectivity index (χ3n) is 5.81. The number of hydrogen-bond donors (Lipinski definition) is 2. The van der Waals surface area contributed by atoms with Crippen molar-refractivity contribution in [2.24, 2.45) is 0 Å². The van der Waals surface area contributed by atoms with Crippen molar-refractivity contribution in [2.75, 3.05) is 19.7 Å². The molecule has 2 N–H and O–H groups in total. The van der Waals surface area contributed by atoms with E-state index in [4.69, 9.17) is 9.57 Å². The van der Waals surface area contributed by atoms with Gasteiger partial charge in [0.25, 0.3) is 5.91 Å². The Kier molecular flexibility index (Phi) is 5.90. The first kappa shape index (κ1) is 22.2. The van der Waals surface area contributed by atoms with Gasteiger partial charge in [-0.3, -0.25) is 14.8 Å². The minimum Gasteiger partial charge on any atom is -0.444 e. The number of rotatable bonds is 5. The summed E-state index contributed by atoms with van der Waals surface area (Å²) in [6.07, 6.45) is 2.27. The van der Waals surface area contributed by atoms with Crippen LogP contribution in [-0.2, 0) is 14.4 Å². The molecule has 0 saturated carbocycles. The van der Waals surface area contributed by atoms with Gasteiger partial charge in [0, 0.05) is 13.1 Å². The molecular formula is C18H28N8O6. The summed E-state index contributed by atoms with van der Waals surface area (Å²) in [4.78, 5) is 47.1. The Morgan fingerprint density at radius 2 is 2.03 bits per heavy atom. The molecule has 0 aromatic carbocycles. The van der Waals surface area contributed by atoms with E-state index in [2.05, 4.69) is 20.9 Å². The molecule has 4 amide bonds. The summed E-state index contributed by atoms with van der Waals surface area (Å²) in [5.74, 6) is -0.469. The number of amides is 4. The van der Waals surface area contributed by atoms with Gasteiger partial charge in [0.05, 0.1) is 24.7 Å². The summed E-state index contributed by atoms with van der Waals surface area (Å²) in [6, 6.07) is -2.17. The molecule has 0 spiro atoms. The van der Waals surface area contributed by atoms with Crippen molar-refractivity contribution in [3.63, 3.8) is 0 Å². The summed E-state index contributed by atoms with van der Waals surface area (Å²) in [6.45, 7) is 5.98. The third-order valence-corrected chi connectivity index (χ3v) is 5.81. The van der Waals surface area contributed by atoms with E-state index in [1.54, 1.807) is 20.8 Å². The summed E-state index contributed by atoms with van der Waals surface area (Å²) in [5, 5.41) is 22.1. The van der Waals surface area contributed by atoms with Crippen LogP contribution >= 0.6 is 0 Å². The van der Waals surface area contributed by atoms with Crippen LogP contribution in [0.3, 0.4) is 0 Å². The second-order valence-corrected chi connectivity index (χ2v) is 9.24. The molecule has 4 rings (SSSR count). The van der Waals surface area contributed by atoms with Crippen molar-refractivity contribution in [3.05, 3.63) is 6.33 Å². The first-order valence-electron chi connectivity index (χ1n) is 10.6. The third kappa shape index (κ3) is 4.46. The molecule has 1 aromatic rings. The van der Waals surface area contributed by atoms with E-state index < -0.39 is 35.7 Å². The van der Waals surface area contributed by atoms with E-state index in [0.717, 1.165) is 0 Å². The Hall–Kier alpha value is -3.00. The Morgan fingerprint density at radius 1 is 1.25 bits per heavy atom. The lowest BCUT2D eigenvalue weighted by molar-refractivity contribution is -0.140. The fourth-order valence-electron chi connectivity index (χ4n) is 4.30. The Balaban J connectivity index is 1.35. The molecule has 0 radical (unpaired) electrons. The summed E-state index contributed by atoms with van der Waals surface area (Å²) < 4.78 is 5.50. The van der Waals surface area contributed by atoms with Crippen LogP contribution in [0.15, 0.2) is 6.33 Å². The minimum absolute atomic E-state index is 0.0194. The zero-order valence-corrected chi connectivity index (χ0v) is 18.2. The summed E-state index contributed by atoms with van der Waals surface area (Å²) in [5.41, 5.74) is 1.73. The normalized spacial score (nSPS) is 27.8. The molecule has 0 unspecified atom stereocenters. The highest BCUT2D eigenvalue weighted by atomic mass is 16.7. The monoisotopic (exact) mass is 452 g/mol. The van der Waals surface area contributed by atoms with Crippen molar-refractivity contribution in [1.29, 1.82) is 0 Å². The number of nitrogens with zero attached hydrogens (tertiary/aromatic N) is 7. The maximum Gasteiger partial charge on any atom is 0.410 e. The number of hydroxylamine groups is 3. The van der Waals surface area contributed by atoms with Gasteiger partial charge >= 0.3 is 12.1 Å². The molecule has 4 atom stereocenters. The van der Waals surface area contributed by atoms with Gasteiger partial charge in [0.15, 0.2) is 6.33 Å². The fraction of sp³-hybridized carbons (Fsp3) is 0.778. The molecule has 4 heterocycles. The lowest BCUT2D eigenvalue weighted by Crippen LogP contribution is -2.50. The second kappa shape index (κ2) is 8.50. The SMILES string of the molecule is CC(C)(C)OC(=O)N1C[C@@H](n2ncnn2)C[C@H]1CONC(=O)[C@@H]1CC[C@@H]2CN1C(=O)N2O. The van der Waals surface area contributed by atoms with Gasteiger partial charge in [-0.05, 0) is 45.2 Å². The maximum absolute atomic E-state index is 12.7. The van der Waals surface area contributed by atoms with Crippen LogP contribution in [0.5, 0.6) is 0 Å². The number of ether oxygens (including phenoxy) is 1. The fourth-order valence-corrected chi connectivity index (χ4v) is 4.30. The van der Waals surface area contributed by atoms with E-state index in [0.29, 0.717) is 37.4 Å². The zero-order chi connectivity index (χ0) is 23.0. The number of nitrogens with one attached hydrogen (secondary N) is 1. The van der Waals surface area contributed by atoms with Crippen LogP contribution in [0.4, 0.5) is 9.59 Å². The van der Waals surface area contributed by atoms with Crippen molar-refractivity contribution in [1.82, 2.24) is 40.6 Å². The van der Waals surface area contributed by atoms with Crippen LogP contribution in [0.2, 0.25) is 0 Å². The molecule has 176 valence electrons. The molecule has 2 bridgehead atoms.